The van der Waals surface area contributed by atoms with Gasteiger partial charge in [0, 0.05) is 16.7 Å². The minimum Gasteiger partial charge on any atom is -0.310 e. The van der Waals surface area contributed by atoms with Crippen molar-refractivity contribution in [3.63, 3.8) is 0 Å². The molecule has 1 unspecified atom stereocenters. The summed E-state index contributed by atoms with van der Waals surface area (Å²) in [6, 6.07) is 10.1. The highest BCUT2D eigenvalue weighted by Crippen LogP contribution is 2.33. The van der Waals surface area contributed by atoms with E-state index in [2.05, 4.69) is 15.9 Å². The van der Waals surface area contributed by atoms with Crippen LogP contribution < -0.4 is 4.90 Å². The monoisotopic (exact) mass is 412 g/mol. The second-order valence-corrected chi connectivity index (χ2v) is 7.58. The molecule has 26 heavy (non-hydrogen) atoms. The summed E-state index contributed by atoms with van der Waals surface area (Å²) in [5.41, 5.74) is 3.73. The SMILES string of the molecule is Cc1cccc2c1N(C(=O)C(C)N1C(=O)c3ccc(Br)cc3C1=O)CC2. The predicted molar refractivity (Wildman–Crippen MR) is 101 cm³/mol. The molecule has 0 fully saturated rings. The molecule has 0 saturated heterocycles. The third-order valence-corrected chi connectivity index (χ3v) is 5.58. The Morgan fingerprint density at radius 2 is 1.85 bits per heavy atom. The van der Waals surface area contributed by atoms with Gasteiger partial charge in [0.25, 0.3) is 11.8 Å². The van der Waals surface area contributed by atoms with Gasteiger partial charge in [-0.05, 0) is 49.6 Å². The number of para-hydroxylation sites is 1. The van der Waals surface area contributed by atoms with Gasteiger partial charge in [0.1, 0.15) is 6.04 Å². The van der Waals surface area contributed by atoms with Crippen molar-refractivity contribution in [2.75, 3.05) is 11.4 Å². The summed E-state index contributed by atoms with van der Waals surface area (Å²) in [6.07, 6.45) is 0.782. The highest BCUT2D eigenvalue weighted by atomic mass is 79.9. The predicted octanol–water partition coefficient (Wildman–Crippen LogP) is 3.33. The van der Waals surface area contributed by atoms with Crippen LogP contribution in [0.15, 0.2) is 40.9 Å². The van der Waals surface area contributed by atoms with Gasteiger partial charge in [-0.1, -0.05) is 34.1 Å². The fourth-order valence-electron chi connectivity index (χ4n) is 3.79. The Bertz CT molecular complexity index is 970. The molecule has 3 amide bonds. The van der Waals surface area contributed by atoms with Gasteiger partial charge in [-0.3, -0.25) is 19.3 Å². The molecule has 0 saturated carbocycles. The fraction of sp³-hybridized carbons (Fsp3) is 0.250. The molecule has 2 heterocycles. The summed E-state index contributed by atoms with van der Waals surface area (Å²) in [4.78, 5) is 41.4. The third-order valence-electron chi connectivity index (χ3n) is 5.09. The van der Waals surface area contributed by atoms with Gasteiger partial charge in [0.05, 0.1) is 11.1 Å². The van der Waals surface area contributed by atoms with E-state index in [1.165, 1.54) is 0 Å². The van der Waals surface area contributed by atoms with Crippen molar-refractivity contribution in [3.05, 3.63) is 63.1 Å². The largest absolute Gasteiger partial charge is 0.310 e. The number of hydrogen-bond acceptors (Lipinski definition) is 3. The normalized spacial score (nSPS) is 16.7. The van der Waals surface area contributed by atoms with Crippen LogP contribution >= 0.6 is 15.9 Å². The van der Waals surface area contributed by atoms with Crippen LogP contribution in [0.25, 0.3) is 0 Å². The second-order valence-electron chi connectivity index (χ2n) is 6.67. The summed E-state index contributed by atoms with van der Waals surface area (Å²) >= 11 is 3.32. The van der Waals surface area contributed by atoms with Crippen molar-refractivity contribution in [1.82, 2.24) is 4.90 Å². The van der Waals surface area contributed by atoms with Gasteiger partial charge < -0.3 is 4.90 Å². The first-order valence-corrected chi connectivity index (χ1v) is 9.26. The second kappa shape index (κ2) is 6.06. The molecular formula is C20H17BrN2O3. The van der Waals surface area contributed by atoms with E-state index in [0.717, 1.165) is 32.6 Å². The van der Waals surface area contributed by atoms with E-state index in [9.17, 15) is 14.4 Å². The van der Waals surface area contributed by atoms with Crippen LogP contribution in [0.3, 0.4) is 0 Å². The molecular weight excluding hydrogens is 396 g/mol. The van der Waals surface area contributed by atoms with Gasteiger partial charge >= 0.3 is 0 Å². The van der Waals surface area contributed by atoms with Crippen molar-refractivity contribution in [2.24, 2.45) is 0 Å². The number of halogens is 1. The molecule has 132 valence electrons. The van der Waals surface area contributed by atoms with Crippen molar-refractivity contribution in [3.8, 4) is 0 Å². The van der Waals surface area contributed by atoms with E-state index in [1.54, 1.807) is 30.0 Å². The maximum atomic E-state index is 13.1. The molecule has 0 radical (unpaired) electrons. The van der Waals surface area contributed by atoms with Crippen LogP contribution in [-0.2, 0) is 11.2 Å². The average Bonchev–Trinajstić information content (AvgIpc) is 3.15. The minimum absolute atomic E-state index is 0.230. The van der Waals surface area contributed by atoms with Crippen LogP contribution in [-0.4, -0.2) is 35.2 Å². The zero-order valence-electron chi connectivity index (χ0n) is 14.5. The molecule has 4 rings (SSSR count). The van der Waals surface area contributed by atoms with E-state index in [0.29, 0.717) is 17.7 Å². The quantitative estimate of drug-likeness (QED) is 0.710. The smallest absolute Gasteiger partial charge is 0.262 e. The topological polar surface area (TPSA) is 57.7 Å². The van der Waals surface area contributed by atoms with Crippen LogP contribution in [0.1, 0.15) is 38.8 Å². The Balaban J connectivity index is 1.66. The molecule has 2 aliphatic heterocycles. The summed E-state index contributed by atoms with van der Waals surface area (Å²) in [5.74, 6) is -1.06. The Hall–Kier alpha value is -2.47. The molecule has 0 N–H and O–H groups in total. The third kappa shape index (κ3) is 2.40. The van der Waals surface area contributed by atoms with Gasteiger partial charge in [0.2, 0.25) is 5.91 Å². The number of aryl methyl sites for hydroxylation is 1. The van der Waals surface area contributed by atoms with E-state index in [-0.39, 0.29) is 5.91 Å². The van der Waals surface area contributed by atoms with Crippen molar-refractivity contribution < 1.29 is 14.4 Å². The lowest BCUT2D eigenvalue weighted by Gasteiger charge is -2.27. The lowest BCUT2D eigenvalue weighted by molar-refractivity contribution is -0.121. The molecule has 2 aromatic rings. The number of benzene rings is 2. The number of carbonyl (C=O) groups is 3. The zero-order chi connectivity index (χ0) is 18.6. The molecule has 5 nitrogen and oxygen atoms in total. The molecule has 0 aliphatic carbocycles. The number of rotatable bonds is 2. The average molecular weight is 413 g/mol. The molecule has 0 spiro atoms. The van der Waals surface area contributed by atoms with Gasteiger partial charge in [0.15, 0.2) is 0 Å². The van der Waals surface area contributed by atoms with Gasteiger partial charge in [-0.25, -0.2) is 0 Å². The molecule has 0 aromatic heterocycles. The fourth-order valence-corrected chi connectivity index (χ4v) is 4.15. The first kappa shape index (κ1) is 17.0. The number of hydrogen-bond donors (Lipinski definition) is 0. The first-order valence-electron chi connectivity index (χ1n) is 8.47. The van der Waals surface area contributed by atoms with Crippen molar-refractivity contribution in [1.29, 1.82) is 0 Å². The number of anilines is 1. The molecule has 2 aliphatic rings. The highest BCUT2D eigenvalue weighted by molar-refractivity contribution is 9.10. The van der Waals surface area contributed by atoms with Gasteiger partial charge in [-0.15, -0.1) is 0 Å². The first-order chi connectivity index (χ1) is 12.4. The van der Waals surface area contributed by atoms with Crippen LogP contribution in [0.2, 0.25) is 0 Å². The van der Waals surface area contributed by atoms with Gasteiger partial charge in [-0.2, -0.15) is 0 Å². The van der Waals surface area contributed by atoms with E-state index < -0.39 is 17.9 Å². The Labute approximate surface area is 159 Å². The highest BCUT2D eigenvalue weighted by Gasteiger charge is 2.43. The molecule has 2 aromatic carbocycles. The number of carbonyl (C=O) groups excluding carboxylic acids is 3. The lowest BCUT2D eigenvalue weighted by Crippen LogP contribution is -2.49. The number of nitrogens with zero attached hydrogens (tertiary/aromatic N) is 2. The molecule has 6 heteroatoms. The van der Waals surface area contributed by atoms with Crippen molar-refractivity contribution in [2.45, 2.75) is 26.3 Å². The Morgan fingerprint density at radius 1 is 1.12 bits per heavy atom. The van der Waals surface area contributed by atoms with Crippen LogP contribution in [0.5, 0.6) is 0 Å². The maximum absolute atomic E-state index is 13.1. The van der Waals surface area contributed by atoms with Crippen LogP contribution in [0, 0.1) is 6.92 Å². The summed E-state index contributed by atoms with van der Waals surface area (Å²) in [7, 11) is 0. The number of imide groups is 1. The Kier molecular flexibility index (Phi) is 3.95. The van der Waals surface area contributed by atoms with E-state index >= 15 is 0 Å². The summed E-state index contributed by atoms with van der Waals surface area (Å²) in [6.45, 7) is 4.15. The molecule has 1 atom stereocenters. The Morgan fingerprint density at radius 3 is 2.62 bits per heavy atom. The zero-order valence-corrected chi connectivity index (χ0v) is 16.0. The molecule has 0 bridgehead atoms. The van der Waals surface area contributed by atoms with Crippen LogP contribution in [0.4, 0.5) is 5.69 Å². The lowest BCUT2D eigenvalue weighted by atomic mass is 10.1. The maximum Gasteiger partial charge on any atom is 0.262 e. The summed E-state index contributed by atoms with van der Waals surface area (Å²) < 4.78 is 0.724. The number of fused-ring (bicyclic) bond motifs is 2. The standard InChI is InChI=1S/C20H17BrN2O3/c1-11-4-3-5-13-8-9-22(17(11)13)18(24)12(2)23-19(25)15-7-6-14(21)10-16(15)20(23)26/h3-7,10,12H,8-9H2,1-2H3. The van der Waals surface area contributed by atoms with Crippen molar-refractivity contribution >= 4 is 39.3 Å². The minimum atomic E-state index is -0.855. The number of amides is 3. The van der Waals surface area contributed by atoms with E-state index in [4.69, 9.17) is 0 Å². The van der Waals surface area contributed by atoms with E-state index in [1.807, 2.05) is 25.1 Å². The summed E-state index contributed by atoms with van der Waals surface area (Å²) in [5, 5.41) is 0.